The fraction of sp³-hybridized carbons (Fsp3) is 1.00. The lowest BCUT2D eigenvalue weighted by Crippen LogP contribution is -2.38. The largest absolute Gasteiger partial charge is 0.378 e. The summed E-state index contributed by atoms with van der Waals surface area (Å²) < 4.78 is 11.4. The zero-order chi connectivity index (χ0) is 9.95. The lowest BCUT2D eigenvalue weighted by atomic mass is 9.85. The van der Waals surface area contributed by atoms with Gasteiger partial charge in [-0.3, -0.25) is 0 Å². The van der Waals surface area contributed by atoms with Crippen molar-refractivity contribution in [3.8, 4) is 0 Å². The van der Waals surface area contributed by atoms with Crippen LogP contribution in [0, 0.1) is 5.41 Å². The van der Waals surface area contributed by atoms with Crippen molar-refractivity contribution in [2.75, 3.05) is 19.8 Å². The zero-order valence-electron chi connectivity index (χ0n) is 9.35. The average molecular weight is 186 g/mol. The maximum Gasteiger partial charge on any atom is 0.0858 e. The number of hydrogen-bond donors (Lipinski definition) is 0. The SMILES string of the molecule is CCC1(C)CCOC(C)(C)COC1. The van der Waals surface area contributed by atoms with Crippen LogP contribution in [0.3, 0.4) is 0 Å². The summed E-state index contributed by atoms with van der Waals surface area (Å²) in [4.78, 5) is 0. The van der Waals surface area contributed by atoms with Crippen molar-refractivity contribution in [3.05, 3.63) is 0 Å². The molecule has 1 unspecified atom stereocenters. The lowest BCUT2D eigenvalue weighted by molar-refractivity contribution is -0.121. The van der Waals surface area contributed by atoms with Crippen molar-refractivity contribution in [1.82, 2.24) is 0 Å². The second-order valence-corrected chi connectivity index (χ2v) is 5.02. The second-order valence-electron chi connectivity index (χ2n) is 5.02. The molecule has 0 aromatic carbocycles. The summed E-state index contributed by atoms with van der Waals surface area (Å²) in [5, 5.41) is 0. The molecule has 78 valence electrons. The number of rotatable bonds is 1. The van der Waals surface area contributed by atoms with Gasteiger partial charge in [-0.25, -0.2) is 0 Å². The van der Waals surface area contributed by atoms with Gasteiger partial charge in [-0.1, -0.05) is 13.8 Å². The molecule has 2 nitrogen and oxygen atoms in total. The van der Waals surface area contributed by atoms with Crippen molar-refractivity contribution in [2.45, 2.75) is 46.1 Å². The fourth-order valence-corrected chi connectivity index (χ4v) is 1.51. The van der Waals surface area contributed by atoms with Gasteiger partial charge in [0.1, 0.15) is 0 Å². The maximum absolute atomic E-state index is 5.74. The van der Waals surface area contributed by atoms with Gasteiger partial charge in [0.15, 0.2) is 0 Å². The first-order valence-corrected chi connectivity index (χ1v) is 5.19. The fourth-order valence-electron chi connectivity index (χ4n) is 1.51. The van der Waals surface area contributed by atoms with Gasteiger partial charge in [-0.15, -0.1) is 0 Å². The van der Waals surface area contributed by atoms with Crippen LogP contribution < -0.4 is 0 Å². The molecule has 0 N–H and O–H groups in total. The van der Waals surface area contributed by atoms with Crippen molar-refractivity contribution in [2.24, 2.45) is 5.41 Å². The molecule has 1 aliphatic rings. The first kappa shape index (κ1) is 11.0. The molecule has 0 saturated carbocycles. The molecule has 0 amide bonds. The third-order valence-corrected chi connectivity index (χ3v) is 2.95. The minimum Gasteiger partial charge on any atom is -0.378 e. The Balaban J connectivity index is 2.48. The van der Waals surface area contributed by atoms with E-state index in [9.17, 15) is 0 Å². The zero-order valence-corrected chi connectivity index (χ0v) is 9.35. The van der Waals surface area contributed by atoms with Crippen LogP contribution >= 0.6 is 0 Å². The molecule has 1 heterocycles. The monoisotopic (exact) mass is 186 g/mol. The van der Waals surface area contributed by atoms with Gasteiger partial charge in [0, 0.05) is 6.61 Å². The summed E-state index contributed by atoms with van der Waals surface area (Å²) >= 11 is 0. The molecule has 0 radical (unpaired) electrons. The van der Waals surface area contributed by atoms with Crippen LogP contribution in [0.4, 0.5) is 0 Å². The van der Waals surface area contributed by atoms with Crippen molar-refractivity contribution in [1.29, 1.82) is 0 Å². The van der Waals surface area contributed by atoms with Gasteiger partial charge < -0.3 is 9.47 Å². The van der Waals surface area contributed by atoms with E-state index >= 15 is 0 Å². The lowest BCUT2D eigenvalue weighted by Gasteiger charge is -2.35. The van der Waals surface area contributed by atoms with E-state index in [1.807, 2.05) is 0 Å². The molecule has 0 aromatic heterocycles. The molecule has 0 bridgehead atoms. The Morgan fingerprint density at radius 1 is 1.15 bits per heavy atom. The predicted molar refractivity (Wildman–Crippen MR) is 53.9 cm³/mol. The Labute approximate surface area is 81.6 Å². The van der Waals surface area contributed by atoms with E-state index < -0.39 is 0 Å². The van der Waals surface area contributed by atoms with Crippen molar-refractivity contribution in [3.63, 3.8) is 0 Å². The van der Waals surface area contributed by atoms with Crippen LogP contribution in [0.15, 0.2) is 0 Å². The third-order valence-electron chi connectivity index (χ3n) is 2.95. The molecule has 1 saturated heterocycles. The smallest absolute Gasteiger partial charge is 0.0858 e. The highest BCUT2D eigenvalue weighted by Crippen LogP contribution is 2.29. The molecule has 0 aliphatic carbocycles. The van der Waals surface area contributed by atoms with E-state index in [0.29, 0.717) is 12.0 Å². The molecular weight excluding hydrogens is 164 g/mol. The van der Waals surface area contributed by atoms with Crippen LogP contribution in [0.1, 0.15) is 40.5 Å². The van der Waals surface area contributed by atoms with Crippen molar-refractivity contribution >= 4 is 0 Å². The highest BCUT2D eigenvalue weighted by atomic mass is 16.5. The molecule has 1 atom stereocenters. The van der Waals surface area contributed by atoms with E-state index in [2.05, 4.69) is 27.7 Å². The summed E-state index contributed by atoms with van der Waals surface area (Å²) in [6.45, 7) is 11.1. The molecule has 1 aliphatic heterocycles. The first-order valence-electron chi connectivity index (χ1n) is 5.19. The molecule has 13 heavy (non-hydrogen) atoms. The summed E-state index contributed by atoms with van der Waals surface area (Å²) in [5.41, 5.74) is 0.214. The highest BCUT2D eigenvalue weighted by Gasteiger charge is 2.29. The number of ether oxygens (including phenoxy) is 2. The summed E-state index contributed by atoms with van der Waals surface area (Å²) in [6.07, 6.45) is 2.27. The Hall–Kier alpha value is -0.0800. The molecule has 2 heteroatoms. The minimum absolute atomic E-state index is 0.102. The van der Waals surface area contributed by atoms with Crippen LogP contribution in [0.5, 0.6) is 0 Å². The topological polar surface area (TPSA) is 18.5 Å². The quantitative estimate of drug-likeness (QED) is 0.626. The summed E-state index contributed by atoms with van der Waals surface area (Å²) in [7, 11) is 0. The van der Waals surface area contributed by atoms with Crippen LogP contribution in [-0.4, -0.2) is 25.4 Å². The average Bonchev–Trinajstić information content (AvgIpc) is 2.01. The predicted octanol–water partition coefficient (Wildman–Crippen LogP) is 2.62. The summed E-state index contributed by atoms with van der Waals surface area (Å²) in [6, 6.07) is 0. The molecule has 1 rings (SSSR count). The van der Waals surface area contributed by atoms with E-state index in [1.165, 1.54) is 0 Å². The minimum atomic E-state index is -0.102. The standard InChI is InChI=1S/C11H22O2/c1-5-11(4)6-7-13-10(2,3)8-12-9-11/h5-9H2,1-4H3. The Morgan fingerprint density at radius 3 is 2.46 bits per heavy atom. The highest BCUT2D eigenvalue weighted by molar-refractivity contribution is 4.77. The molecule has 0 spiro atoms. The van der Waals surface area contributed by atoms with E-state index in [1.54, 1.807) is 0 Å². The van der Waals surface area contributed by atoms with Crippen LogP contribution in [-0.2, 0) is 9.47 Å². The third kappa shape index (κ3) is 3.28. The second kappa shape index (κ2) is 3.97. The van der Waals surface area contributed by atoms with Gasteiger partial charge in [0.2, 0.25) is 0 Å². The van der Waals surface area contributed by atoms with Gasteiger partial charge in [-0.2, -0.15) is 0 Å². The van der Waals surface area contributed by atoms with Gasteiger partial charge in [0.05, 0.1) is 18.8 Å². The first-order chi connectivity index (χ1) is 5.97. The number of hydrogen-bond acceptors (Lipinski definition) is 2. The maximum atomic E-state index is 5.74. The van der Waals surface area contributed by atoms with E-state index in [-0.39, 0.29) is 5.60 Å². The Bertz CT molecular complexity index is 151. The summed E-state index contributed by atoms with van der Waals surface area (Å²) in [5.74, 6) is 0. The van der Waals surface area contributed by atoms with Crippen LogP contribution in [0.25, 0.3) is 0 Å². The normalized spacial score (nSPS) is 35.1. The van der Waals surface area contributed by atoms with Crippen LogP contribution in [0.2, 0.25) is 0 Å². The van der Waals surface area contributed by atoms with E-state index in [4.69, 9.17) is 9.47 Å². The van der Waals surface area contributed by atoms with Gasteiger partial charge in [0.25, 0.3) is 0 Å². The van der Waals surface area contributed by atoms with Gasteiger partial charge in [-0.05, 0) is 32.1 Å². The Kier molecular flexibility index (Phi) is 3.36. The molecular formula is C11H22O2. The van der Waals surface area contributed by atoms with Gasteiger partial charge >= 0.3 is 0 Å². The molecule has 0 aromatic rings. The molecule has 1 fully saturated rings. The Morgan fingerprint density at radius 2 is 1.85 bits per heavy atom. The van der Waals surface area contributed by atoms with E-state index in [0.717, 1.165) is 26.1 Å². The van der Waals surface area contributed by atoms with Crippen molar-refractivity contribution < 1.29 is 9.47 Å².